The quantitative estimate of drug-likeness (QED) is 0.454. The van der Waals surface area contributed by atoms with Gasteiger partial charge in [0.2, 0.25) is 18.1 Å². The van der Waals surface area contributed by atoms with E-state index in [2.05, 4.69) is 21.3 Å². The van der Waals surface area contributed by atoms with E-state index in [4.69, 9.17) is 0 Å². The molecule has 1 heterocycles. The Hall–Kier alpha value is -2.91. The summed E-state index contributed by atoms with van der Waals surface area (Å²) in [4.78, 5) is 46.3. The number of nitrogens with zero attached hydrogens (tertiary/aromatic N) is 2. The number of imidazole rings is 1. The van der Waals surface area contributed by atoms with E-state index < -0.39 is 24.1 Å². The Bertz CT molecular complexity index is 562. The van der Waals surface area contributed by atoms with Crippen molar-refractivity contribution in [1.82, 2.24) is 25.8 Å². The highest BCUT2D eigenvalue weighted by Gasteiger charge is 2.29. The molecule has 24 heavy (non-hydrogen) atoms. The summed E-state index contributed by atoms with van der Waals surface area (Å²) in [5, 5.41) is 9.87. The Morgan fingerprint density at radius 3 is 1.96 bits per heavy atom. The fraction of sp³-hybridized carbons (Fsp3) is 0.500. The Balaban J connectivity index is 0.00000529. The predicted octanol–water partition coefficient (Wildman–Crippen LogP) is -1.83. The van der Waals surface area contributed by atoms with Gasteiger partial charge >= 0.3 is 0 Å². The number of carbonyl (C=O) groups excluding carboxylic acids is 4. The third-order valence-electron chi connectivity index (χ3n) is 2.94. The standard InChI is InChI=1S/C13H20N6O4.CH4/c1-8(20)16-10(12(22)14-3)18-5-6-19(7-18)11(13(23)15-4)17-9(2)21;/h5-7,10-11H,1-4H3,(H3-,14,15,16,17,20,21,22,23);1H4/p+1. The van der Waals surface area contributed by atoms with Gasteiger partial charge in [-0.25, -0.2) is 9.13 Å². The lowest BCUT2D eigenvalue weighted by molar-refractivity contribution is -0.712. The minimum atomic E-state index is -0.971. The van der Waals surface area contributed by atoms with Crippen molar-refractivity contribution >= 4 is 23.6 Å². The molecule has 0 aromatic carbocycles. The first-order chi connectivity index (χ1) is 10.8. The van der Waals surface area contributed by atoms with Gasteiger partial charge in [-0.05, 0) is 0 Å². The second-order valence-corrected chi connectivity index (χ2v) is 4.74. The van der Waals surface area contributed by atoms with Gasteiger partial charge < -0.3 is 21.3 Å². The van der Waals surface area contributed by atoms with Crippen LogP contribution in [0.5, 0.6) is 0 Å². The summed E-state index contributed by atoms with van der Waals surface area (Å²) in [6.07, 6.45) is 2.51. The molecule has 0 aliphatic carbocycles. The second-order valence-electron chi connectivity index (χ2n) is 4.74. The molecule has 1 aromatic rings. The van der Waals surface area contributed by atoms with Crippen molar-refractivity contribution in [2.45, 2.75) is 33.6 Å². The number of carbonyl (C=O) groups is 4. The summed E-state index contributed by atoms with van der Waals surface area (Å²) >= 11 is 0. The third-order valence-corrected chi connectivity index (χ3v) is 2.94. The summed E-state index contributed by atoms with van der Waals surface area (Å²) in [7, 11) is 2.89. The fourth-order valence-electron chi connectivity index (χ4n) is 1.90. The first-order valence-corrected chi connectivity index (χ1v) is 6.85. The van der Waals surface area contributed by atoms with Crippen molar-refractivity contribution in [3.8, 4) is 0 Å². The maximum absolute atomic E-state index is 11.9. The van der Waals surface area contributed by atoms with E-state index in [0.29, 0.717) is 0 Å². The summed E-state index contributed by atoms with van der Waals surface area (Å²) < 4.78 is 2.83. The molecular formula is C14H25N6O4+. The number of hydrogen-bond donors (Lipinski definition) is 4. The van der Waals surface area contributed by atoms with E-state index in [1.165, 1.54) is 55.8 Å². The van der Waals surface area contributed by atoms with Gasteiger partial charge in [0, 0.05) is 27.9 Å². The van der Waals surface area contributed by atoms with Crippen LogP contribution in [-0.4, -0.2) is 42.3 Å². The molecule has 0 saturated carbocycles. The maximum atomic E-state index is 11.9. The third kappa shape index (κ3) is 5.38. The average molecular weight is 341 g/mol. The first kappa shape index (κ1) is 21.1. The SMILES string of the molecule is C.CNC(=O)C(NC(C)=O)n1cc[n+](C(NC(C)=O)C(=O)NC)c1. The number of hydrogen-bond acceptors (Lipinski definition) is 4. The molecule has 0 spiro atoms. The van der Waals surface area contributed by atoms with Crippen LogP contribution in [0.1, 0.15) is 33.6 Å². The molecule has 1 aromatic heterocycles. The molecule has 2 atom stereocenters. The van der Waals surface area contributed by atoms with E-state index >= 15 is 0 Å². The molecule has 10 nitrogen and oxygen atoms in total. The van der Waals surface area contributed by atoms with E-state index in [9.17, 15) is 19.2 Å². The Kier molecular flexibility index (Phi) is 8.15. The zero-order chi connectivity index (χ0) is 17.6. The van der Waals surface area contributed by atoms with Crippen LogP contribution in [0, 0.1) is 0 Å². The normalized spacial score (nSPS) is 12.2. The number of aromatic nitrogens is 2. The lowest BCUT2D eigenvalue weighted by Crippen LogP contribution is -2.55. The molecule has 0 radical (unpaired) electrons. The zero-order valence-electron chi connectivity index (χ0n) is 13.4. The van der Waals surface area contributed by atoms with Crippen molar-refractivity contribution in [2.75, 3.05) is 14.1 Å². The number of rotatable bonds is 6. The van der Waals surface area contributed by atoms with E-state index in [-0.39, 0.29) is 19.2 Å². The summed E-state index contributed by atoms with van der Waals surface area (Å²) in [5.41, 5.74) is 0. The first-order valence-electron chi connectivity index (χ1n) is 6.85. The van der Waals surface area contributed by atoms with Gasteiger partial charge in [-0.15, -0.1) is 0 Å². The molecule has 2 unspecified atom stereocenters. The van der Waals surface area contributed by atoms with Crippen molar-refractivity contribution in [3.05, 3.63) is 18.7 Å². The number of amides is 4. The summed E-state index contributed by atoms with van der Waals surface area (Å²) in [5.74, 6) is -1.63. The van der Waals surface area contributed by atoms with Gasteiger partial charge in [0.25, 0.3) is 24.1 Å². The highest BCUT2D eigenvalue weighted by atomic mass is 16.2. The largest absolute Gasteiger partial charge is 0.354 e. The molecular weight excluding hydrogens is 316 g/mol. The van der Waals surface area contributed by atoms with Gasteiger partial charge in [-0.1, -0.05) is 7.43 Å². The molecule has 0 aliphatic heterocycles. The maximum Gasteiger partial charge on any atom is 0.286 e. The van der Waals surface area contributed by atoms with Crippen LogP contribution in [0.3, 0.4) is 0 Å². The monoisotopic (exact) mass is 341 g/mol. The van der Waals surface area contributed by atoms with Crippen LogP contribution < -0.4 is 25.8 Å². The molecule has 4 N–H and O–H groups in total. The smallest absolute Gasteiger partial charge is 0.286 e. The van der Waals surface area contributed by atoms with E-state index in [1.807, 2.05) is 0 Å². The van der Waals surface area contributed by atoms with Crippen molar-refractivity contribution in [3.63, 3.8) is 0 Å². The summed E-state index contributed by atoms with van der Waals surface area (Å²) in [6, 6.07) is 0. The zero-order valence-corrected chi connectivity index (χ0v) is 13.4. The van der Waals surface area contributed by atoms with Crippen LogP contribution in [0.2, 0.25) is 0 Å². The lowest BCUT2D eigenvalue weighted by Gasteiger charge is -2.14. The van der Waals surface area contributed by atoms with Gasteiger partial charge in [-0.3, -0.25) is 19.2 Å². The topological polar surface area (TPSA) is 125 Å². The number of likely N-dealkylation sites (N-methyl/N-ethyl adjacent to an activating group) is 2. The Morgan fingerprint density at radius 1 is 0.958 bits per heavy atom. The molecule has 0 bridgehead atoms. The van der Waals surface area contributed by atoms with Gasteiger partial charge in [0.1, 0.15) is 12.4 Å². The molecule has 0 saturated heterocycles. The van der Waals surface area contributed by atoms with Gasteiger partial charge in [0.15, 0.2) is 0 Å². The molecule has 1 rings (SSSR count). The Morgan fingerprint density at radius 2 is 1.50 bits per heavy atom. The van der Waals surface area contributed by atoms with Crippen LogP contribution >= 0.6 is 0 Å². The highest BCUT2D eigenvalue weighted by molar-refractivity contribution is 5.85. The minimum absolute atomic E-state index is 0. The van der Waals surface area contributed by atoms with Crippen LogP contribution in [0.4, 0.5) is 0 Å². The van der Waals surface area contributed by atoms with Gasteiger partial charge in [0.05, 0.1) is 0 Å². The average Bonchev–Trinajstić information content (AvgIpc) is 2.97. The fourth-order valence-corrected chi connectivity index (χ4v) is 1.90. The molecule has 0 aliphatic rings. The molecule has 10 heteroatoms. The Labute approximate surface area is 140 Å². The molecule has 134 valence electrons. The second kappa shape index (κ2) is 9.28. The predicted molar refractivity (Wildman–Crippen MR) is 85.2 cm³/mol. The summed E-state index contributed by atoms with van der Waals surface area (Å²) in [6.45, 7) is 2.58. The lowest BCUT2D eigenvalue weighted by atomic mass is 10.4. The van der Waals surface area contributed by atoms with E-state index in [0.717, 1.165) is 0 Å². The van der Waals surface area contributed by atoms with Crippen molar-refractivity contribution < 1.29 is 23.7 Å². The highest BCUT2D eigenvalue weighted by Crippen LogP contribution is 2.03. The van der Waals surface area contributed by atoms with Crippen LogP contribution in [0.25, 0.3) is 0 Å². The van der Waals surface area contributed by atoms with Crippen LogP contribution in [0.15, 0.2) is 18.7 Å². The minimum Gasteiger partial charge on any atom is -0.354 e. The molecule has 0 fully saturated rings. The van der Waals surface area contributed by atoms with Crippen molar-refractivity contribution in [1.29, 1.82) is 0 Å². The number of nitrogens with one attached hydrogen (secondary N) is 4. The molecule has 4 amide bonds. The van der Waals surface area contributed by atoms with Crippen molar-refractivity contribution in [2.24, 2.45) is 0 Å². The van der Waals surface area contributed by atoms with Crippen LogP contribution in [-0.2, 0) is 19.2 Å². The van der Waals surface area contributed by atoms with E-state index in [1.54, 1.807) is 0 Å². The van der Waals surface area contributed by atoms with Gasteiger partial charge in [-0.2, -0.15) is 0 Å².